The minimum Gasteiger partial charge on any atom is -0.423 e. The number of benzene rings is 1. The van der Waals surface area contributed by atoms with Crippen LogP contribution in [0.3, 0.4) is 0 Å². The van der Waals surface area contributed by atoms with E-state index in [2.05, 4.69) is 31.2 Å². The van der Waals surface area contributed by atoms with Gasteiger partial charge in [0.25, 0.3) is 0 Å². The van der Waals surface area contributed by atoms with Gasteiger partial charge in [0.1, 0.15) is 11.4 Å². The number of pyridine rings is 2. The molecule has 1 aromatic carbocycles. The van der Waals surface area contributed by atoms with Crippen molar-refractivity contribution >= 4 is 33.4 Å². The van der Waals surface area contributed by atoms with Crippen molar-refractivity contribution in [1.29, 1.82) is 0 Å². The van der Waals surface area contributed by atoms with Gasteiger partial charge in [0.2, 0.25) is 0 Å². The summed E-state index contributed by atoms with van der Waals surface area (Å²) < 4.78 is 5.26. The van der Waals surface area contributed by atoms with E-state index in [1.807, 2.05) is 48.8 Å². The van der Waals surface area contributed by atoms with E-state index >= 15 is 0 Å². The molecule has 1 saturated heterocycles. The summed E-state index contributed by atoms with van der Waals surface area (Å²) in [6, 6.07) is 15.2. The Kier molecular flexibility index (Phi) is 5.50. The largest absolute Gasteiger partial charge is 0.423 e. The minimum absolute atomic E-state index is 0.324. The van der Waals surface area contributed by atoms with Gasteiger partial charge in [-0.05, 0) is 43.3 Å². The van der Waals surface area contributed by atoms with Crippen LogP contribution in [0.4, 0.5) is 11.5 Å². The highest BCUT2D eigenvalue weighted by Gasteiger charge is 2.19. The molecule has 1 aliphatic rings. The summed E-state index contributed by atoms with van der Waals surface area (Å²) in [6.07, 6.45) is 4.67. The third kappa shape index (κ3) is 4.22. The van der Waals surface area contributed by atoms with Crippen molar-refractivity contribution in [3.05, 3.63) is 71.3 Å². The summed E-state index contributed by atoms with van der Waals surface area (Å²) in [5, 5.41) is 5.46. The molecular weight excluding hydrogens is 390 g/mol. The van der Waals surface area contributed by atoms with Crippen molar-refractivity contribution in [1.82, 2.24) is 14.9 Å². The molecule has 3 aromatic heterocycles. The highest BCUT2D eigenvalue weighted by molar-refractivity contribution is 5.90. The molecule has 5 rings (SSSR count). The molecule has 1 fully saturated rings. The average molecular weight is 415 g/mol. The normalized spacial score (nSPS) is 14.9. The molecule has 0 aliphatic carbocycles. The SMILES string of the molecule is O=c1cc(NCCCN2CCN(c3nccc4ncccc34)CC2)c2ccccc2o1. The van der Waals surface area contributed by atoms with Crippen LogP contribution in [0.25, 0.3) is 21.9 Å². The second-order valence-electron chi connectivity index (χ2n) is 7.79. The summed E-state index contributed by atoms with van der Waals surface area (Å²) >= 11 is 0. The lowest BCUT2D eigenvalue weighted by Gasteiger charge is -2.35. The van der Waals surface area contributed by atoms with E-state index < -0.39 is 0 Å². The lowest BCUT2D eigenvalue weighted by atomic mass is 10.2. The van der Waals surface area contributed by atoms with Gasteiger partial charge in [-0.15, -0.1) is 0 Å². The molecule has 0 amide bonds. The van der Waals surface area contributed by atoms with Crippen LogP contribution in [-0.2, 0) is 0 Å². The van der Waals surface area contributed by atoms with Crippen LogP contribution in [-0.4, -0.2) is 54.1 Å². The van der Waals surface area contributed by atoms with Crippen molar-refractivity contribution in [3.8, 4) is 0 Å². The van der Waals surface area contributed by atoms with E-state index in [1.54, 1.807) is 0 Å². The first-order valence-electron chi connectivity index (χ1n) is 10.7. The van der Waals surface area contributed by atoms with Crippen LogP contribution < -0.4 is 15.8 Å². The van der Waals surface area contributed by atoms with Crippen LogP contribution in [0, 0.1) is 0 Å². The summed E-state index contributed by atoms with van der Waals surface area (Å²) in [5.41, 5.74) is 2.12. The Morgan fingerprint density at radius 2 is 1.77 bits per heavy atom. The molecule has 7 nitrogen and oxygen atoms in total. The Morgan fingerprint density at radius 1 is 0.935 bits per heavy atom. The molecule has 0 atom stereocenters. The van der Waals surface area contributed by atoms with Crippen molar-refractivity contribution < 1.29 is 4.42 Å². The maximum Gasteiger partial charge on any atom is 0.338 e. The number of rotatable bonds is 6. The first kappa shape index (κ1) is 19.5. The van der Waals surface area contributed by atoms with E-state index in [9.17, 15) is 4.79 Å². The zero-order valence-corrected chi connectivity index (χ0v) is 17.3. The Labute approximate surface area is 180 Å². The second-order valence-corrected chi connectivity index (χ2v) is 7.79. The molecule has 7 heteroatoms. The van der Waals surface area contributed by atoms with Gasteiger partial charge in [-0.25, -0.2) is 9.78 Å². The number of aromatic nitrogens is 2. The minimum atomic E-state index is -0.324. The molecule has 0 bridgehead atoms. The first-order valence-corrected chi connectivity index (χ1v) is 10.7. The van der Waals surface area contributed by atoms with E-state index in [1.165, 1.54) is 6.07 Å². The fourth-order valence-electron chi connectivity index (χ4n) is 4.21. The van der Waals surface area contributed by atoms with Crippen LogP contribution in [0.1, 0.15) is 6.42 Å². The smallest absolute Gasteiger partial charge is 0.338 e. The lowest BCUT2D eigenvalue weighted by Crippen LogP contribution is -2.47. The molecule has 0 unspecified atom stereocenters. The van der Waals surface area contributed by atoms with Crippen molar-refractivity contribution in [2.45, 2.75) is 6.42 Å². The molecule has 4 heterocycles. The van der Waals surface area contributed by atoms with Gasteiger partial charge in [0, 0.05) is 62.0 Å². The Balaban J connectivity index is 1.14. The zero-order chi connectivity index (χ0) is 21.0. The third-order valence-corrected chi connectivity index (χ3v) is 5.80. The van der Waals surface area contributed by atoms with Crippen LogP contribution in [0.15, 0.2) is 70.1 Å². The maximum atomic E-state index is 11.8. The van der Waals surface area contributed by atoms with Crippen molar-refractivity contribution in [2.24, 2.45) is 0 Å². The number of piperazine rings is 1. The van der Waals surface area contributed by atoms with Crippen LogP contribution in [0.2, 0.25) is 0 Å². The Morgan fingerprint density at radius 3 is 2.68 bits per heavy atom. The Hall–Kier alpha value is -3.45. The molecule has 158 valence electrons. The predicted molar refractivity (Wildman–Crippen MR) is 124 cm³/mol. The fraction of sp³-hybridized carbons (Fsp3) is 0.292. The van der Waals surface area contributed by atoms with Crippen LogP contribution in [0.5, 0.6) is 0 Å². The number of hydrogen-bond donors (Lipinski definition) is 1. The summed E-state index contributed by atoms with van der Waals surface area (Å²) in [4.78, 5) is 25.7. The average Bonchev–Trinajstić information content (AvgIpc) is 2.82. The van der Waals surface area contributed by atoms with Crippen molar-refractivity contribution in [2.75, 3.05) is 49.5 Å². The topological polar surface area (TPSA) is 74.5 Å². The van der Waals surface area contributed by atoms with Gasteiger partial charge in [0.15, 0.2) is 0 Å². The monoisotopic (exact) mass is 415 g/mol. The molecule has 0 radical (unpaired) electrons. The summed E-state index contributed by atoms with van der Waals surface area (Å²) in [5.74, 6) is 1.03. The van der Waals surface area contributed by atoms with Gasteiger partial charge in [-0.2, -0.15) is 0 Å². The fourth-order valence-corrected chi connectivity index (χ4v) is 4.21. The molecule has 0 spiro atoms. The molecule has 1 N–H and O–H groups in total. The standard InChI is InChI=1S/C24H25N5O2/c30-23-17-21(18-5-1-2-7-22(18)31-23)26-10-4-12-28-13-15-29(16-14-28)24-19-6-3-9-25-20(19)8-11-27-24/h1-3,5-9,11,17,26H,4,10,12-16H2. The molecule has 31 heavy (non-hydrogen) atoms. The first-order chi connectivity index (χ1) is 15.3. The number of nitrogens with zero attached hydrogens (tertiary/aromatic N) is 4. The molecule has 4 aromatic rings. The Bertz CT molecular complexity index is 1240. The maximum absolute atomic E-state index is 11.8. The highest BCUT2D eigenvalue weighted by Crippen LogP contribution is 2.24. The van der Waals surface area contributed by atoms with Gasteiger partial charge in [0.05, 0.1) is 11.2 Å². The molecule has 1 aliphatic heterocycles. The highest BCUT2D eigenvalue weighted by atomic mass is 16.4. The van der Waals surface area contributed by atoms with Gasteiger partial charge >= 0.3 is 5.63 Å². The number of fused-ring (bicyclic) bond motifs is 2. The lowest BCUT2D eigenvalue weighted by molar-refractivity contribution is 0.257. The number of nitrogens with one attached hydrogen (secondary N) is 1. The molecule has 0 saturated carbocycles. The zero-order valence-electron chi connectivity index (χ0n) is 17.3. The van der Waals surface area contributed by atoms with Gasteiger partial charge in [-0.1, -0.05) is 12.1 Å². The van der Waals surface area contributed by atoms with Gasteiger partial charge in [-0.3, -0.25) is 9.88 Å². The summed E-state index contributed by atoms with van der Waals surface area (Å²) in [6.45, 7) is 5.76. The van der Waals surface area contributed by atoms with Crippen LogP contribution >= 0.6 is 0 Å². The second kappa shape index (κ2) is 8.73. The van der Waals surface area contributed by atoms with E-state index in [0.29, 0.717) is 5.58 Å². The van der Waals surface area contributed by atoms with E-state index in [4.69, 9.17) is 4.42 Å². The molecular formula is C24H25N5O2. The van der Waals surface area contributed by atoms with Crippen molar-refractivity contribution in [3.63, 3.8) is 0 Å². The number of para-hydroxylation sites is 1. The summed E-state index contributed by atoms with van der Waals surface area (Å²) in [7, 11) is 0. The van der Waals surface area contributed by atoms with Gasteiger partial charge < -0.3 is 14.6 Å². The van der Waals surface area contributed by atoms with E-state index in [0.717, 1.165) is 73.5 Å². The third-order valence-electron chi connectivity index (χ3n) is 5.80. The predicted octanol–water partition coefficient (Wildman–Crippen LogP) is 3.36. The number of hydrogen-bond acceptors (Lipinski definition) is 7. The van der Waals surface area contributed by atoms with E-state index in [-0.39, 0.29) is 5.63 Å². The quantitative estimate of drug-likeness (QED) is 0.382. The number of anilines is 2.